The van der Waals surface area contributed by atoms with Crippen molar-refractivity contribution >= 4 is 27.6 Å². The molecule has 0 bridgehead atoms. The number of methoxy groups -OCH3 is 2. The van der Waals surface area contributed by atoms with E-state index in [4.69, 9.17) is 25.5 Å². The second-order valence-electron chi connectivity index (χ2n) is 7.66. The molecule has 2 N–H and O–H groups in total. The maximum atomic E-state index is 13.3. The van der Waals surface area contributed by atoms with Crippen molar-refractivity contribution in [2.24, 2.45) is 0 Å². The summed E-state index contributed by atoms with van der Waals surface area (Å²) in [4.78, 5) is 7.82. The van der Waals surface area contributed by atoms with E-state index in [-0.39, 0.29) is 22.6 Å². The highest BCUT2D eigenvalue weighted by molar-refractivity contribution is 7.93. The van der Waals surface area contributed by atoms with Gasteiger partial charge in [0, 0.05) is 12.4 Å². The predicted molar refractivity (Wildman–Crippen MR) is 131 cm³/mol. The number of ether oxygens (including phenoxy) is 2. The van der Waals surface area contributed by atoms with Crippen LogP contribution in [-0.4, -0.2) is 57.7 Å². The van der Waals surface area contributed by atoms with Crippen LogP contribution in [0.1, 0.15) is 24.6 Å². The molecule has 0 radical (unpaired) electrons. The number of benzene rings is 1. The van der Waals surface area contributed by atoms with Crippen LogP contribution in [0.4, 0.5) is 5.95 Å². The van der Waals surface area contributed by atoms with E-state index in [2.05, 4.69) is 24.9 Å². The Hall–Kier alpha value is -3.68. The molecule has 190 valence electrons. The van der Waals surface area contributed by atoms with Crippen LogP contribution in [0.2, 0.25) is 5.02 Å². The summed E-state index contributed by atoms with van der Waals surface area (Å²) in [7, 11) is -1.32. The minimum Gasteiger partial charge on any atom is -0.494 e. The number of halogens is 1. The van der Waals surface area contributed by atoms with Gasteiger partial charge in [0.15, 0.2) is 11.6 Å². The molecular weight excluding hydrogens is 512 g/mol. The van der Waals surface area contributed by atoms with Crippen molar-refractivity contribution in [2.75, 3.05) is 18.9 Å². The van der Waals surface area contributed by atoms with Gasteiger partial charge in [-0.25, -0.2) is 18.4 Å². The number of nitrogens with zero attached hydrogens (tertiary/aromatic N) is 5. The van der Waals surface area contributed by atoms with Gasteiger partial charge in [-0.2, -0.15) is 0 Å². The van der Waals surface area contributed by atoms with E-state index in [1.54, 1.807) is 37.3 Å². The molecule has 36 heavy (non-hydrogen) atoms. The van der Waals surface area contributed by atoms with E-state index in [0.717, 1.165) is 0 Å². The zero-order valence-electron chi connectivity index (χ0n) is 19.7. The highest BCUT2D eigenvalue weighted by atomic mass is 35.5. The van der Waals surface area contributed by atoms with E-state index in [1.165, 1.54) is 38.1 Å². The van der Waals surface area contributed by atoms with Crippen molar-refractivity contribution in [2.45, 2.75) is 25.2 Å². The first-order valence-corrected chi connectivity index (χ1v) is 12.5. The number of para-hydroxylation sites is 1. The first-order valence-electron chi connectivity index (χ1n) is 10.6. The first kappa shape index (κ1) is 25.4. The smallest absolute Gasteiger partial charge is 0.243 e. The lowest BCUT2D eigenvalue weighted by molar-refractivity contribution is 0.166. The summed E-state index contributed by atoms with van der Waals surface area (Å²) in [5.41, 5.74) is 0.337. The Bertz CT molecular complexity index is 1450. The maximum absolute atomic E-state index is 13.3. The fourth-order valence-corrected chi connectivity index (χ4v) is 4.53. The lowest BCUT2D eigenvalue weighted by Crippen LogP contribution is -2.32. The molecule has 1 aromatic carbocycles. The van der Waals surface area contributed by atoms with Crippen LogP contribution in [0.3, 0.4) is 0 Å². The number of aliphatic hydroxyl groups is 1. The van der Waals surface area contributed by atoms with E-state index in [1.807, 2.05) is 0 Å². The number of furan rings is 1. The summed E-state index contributed by atoms with van der Waals surface area (Å²) >= 11 is 5.79. The van der Waals surface area contributed by atoms with Gasteiger partial charge < -0.3 is 19.0 Å². The summed E-state index contributed by atoms with van der Waals surface area (Å²) in [6.07, 6.45) is 0.980. The highest BCUT2D eigenvalue weighted by Gasteiger charge is 2.34. The maximum Gasteiger partial charge on any atom is 0.243 e. The Morgan fingerprint density at radius 1 is 1.08 bits per heavy atom. The Balaban J connectivity index is 1.81. The largest absolute Gasteiger partial charge is 0.494 e. The molecule has 0 fully saturated rings. The van der Waals surface area contributed by atoms with Crippen molar-refractivity contribution < 1.29 is 27.4 Å². The zero-order valence-corrected chi connectivity index (χ0v) is 21.3. The van der Waals surface area contributed by atoms with Crippen LogP contribution in [0.5, 0.6) is 11.5 Å². The lowest BCUT2D eigenvalue weighted by atomic mass is 10.2. The van der Waals surface area contributed by atoms with Crippen LogP contribution < -0.4 is 14.2 Å². The minimum atomic E-state index is -4.25. The SMILES string of the molecule is COc1cccc(OC)c1-n1c(NS(=O)(=O)C(C)C(O)c2ncc(Cl)cn2)nnc1-c1ccc(C)o1. The highest BCUT2D eigenvalue weighted by Crippen LogP contribution is 2.38. The molecule has 0 aliphatic heterocycles. The van der Waals surface area contributed by atoms with Gasteiger partial charge in [0.1, 0.15) is 34.3 Å². The summed E-state index contributed by atoms with van der Waals surface area (Å²) in [6, 6.07) is 8.49. The van der Waals surface area contributed by atoms with Crippen LogP contribution in [0.15, 0.2) is 47.1 Å². The fraction of sp³-hybridized carbons (Fsp3) is 0.273. The van der Waals surface area contributed by atoms with Crippen molar-refractivity contribution in [3.05, 3.63) is 59.3 Å². The van der Waals surface area contributed by atoms with Gasteiger partial charge in [0.05, 0.1) is 19.2 Å². The molecule has 0 saturated carbocycles. The molecular formula is C22H23ClN6O6S. The molecule has 0 saturated heterocycles. The molecule has 2 atom stereocenters. The Labute approximate surface area is 211 Å². The molecule has 3 aromatic heterocycles. The second-order valence-corrected chi connectivity index (χ2v) is 10.1. The molecule has 0 aliphatic carbocycles. The van der Waals surface area contributed by atoms with Gasteiger partial charge in [0.25, 0.3) is 0 Å². The third-order valence-electron chi connectivity index (χ3n) is 5.32. The minimum absolute atomic E-state index is 0.100. The third-order valence-corrected chi connectivity index (χ3v) is 7.22. The second kappa shape index (κ2) is 10.1. The molecule has 0 spiro atoms. The number of hydrogen-bond donors (Lipinski definition) is 2. The van der Waals surface area contributed by atoms with Crippen LogP contribution in [-0.2, 0) is 10.0 Å². The number of hydrogen-bond acceptors (Lipinski definition) is 10. The molecule has 3 heterocycles. The number of rotatable bonds is 9. The third kappa shape index (κ3) is 4.85. The zero-order chi connectivity index (χ0) is 26.0. The monoisotopic (exact) mass is 534 g/mol. The summed E-state index contributed by atoms with van der Waals surface area (Å²) < 4.78 is 47.2. The number of aryl methyl sites for hydroxylation is 1. The Kier molecular flexibility index (Phi) is 7.15. The number of aromatic nitrogens is 5. The van der Waals surface area contributed by atoms with E-state index in [9.17, 15) is 13.5 Å². The van der Waals surface area contributed by atoms with E-state index >= 15 is 0 Å². The van der Waals surface area contributed by atoms with Gasteiger partial charge >= 0.3 is 0 Å². The number of anilines is 1. The van der Waals surface area contributed by atoms with Crippen LogP contribution in [0.25, 0.3) is 17.3 Å². The fourth-order valence-electron chi connectivity index (χ4n) is 3.40. The quantitative estimate of drug-likeness (QED) is 0.327. The number of aliphatic hydroxyl groups excluding tert-OH is 1. The normalized spacial score (nSPS) is 13.3. The van der Waals surface area contributed by atoms with Gasteiger partial charge in [-0.15, -0.1) is 10.2 Å². The van der Waals surface area contributed by atoms with Crippen LogP contribution >= 0.6 is 11.6 Å². The van der Waals surface area contributed by atoms with Crippen LogP contribution in [0, 0.1) is 6.92 Å². The first-order chi connectivity index (χ1) is 17.2. The standard InChI is InChI=1S/C22H23ClN6O6S/c1-12-8-9-17(35-12)21-26-27-22(29(21)18-15(33-3)6-5-7-16(18)34-4)28-36(31,32)13(2)19(30)20-24-10-14(23)11-25-20/h5-11,13,19,30H,1-4H3,(H,27,28). The van der Waals surface area contributed by atoms with Gasteiger partial charge in [0.2, 0.25) is 21.8 Å². The Morgan fingerprint density at radius 3 is 2.28 bits per heavy atom. The van der Waals surface area contributed by atoms with Crippen molar-refractivity contribution in [1.82, 2.24) is 24.7 Å². The molecule has 0 amide bonds. The number of nitrogens with one attached hydrogen (secondary N) is 1. The molecule has 14 heteroatoms. The van der Waals surface area contributed by atoms with E-state index < -0.39 is 21.4 Å². The van der Waals surface area contributed by atoms with Gasteiger partial charge in [-0.1, -0.05) is 17.7 Å². The number of sulfonamides is 1. The average Bonchev–Trinajstić information content (AvgIpc) is 3.48. The van der Waals surface area contributed by atoms with E-state index in [0.29, 0.717) is 28.7 Å². The van der Waals surface area contributed by atoms with Gasteiger partial charge in [-0.05, 0) is 38.1 Å². The van der Waals surface area contributed by atoms with Gasteiger partial charge in [-0.3, -0.25) is 9.29 Å². The van der Waals surface area contributed by atoms with Crippen molar-refractivity contribution in [1.29, 1.82) is 0 Å². The summed E-state index contributed by atoms with van der Waals surface area (Å²) in [6.45, 7) is 3.07. The topological polar surface area (TPSA) is 154 Å². The van der Waals surface area contributed by atoms with Crippen molar-refractivity contribution in [3.63, 3.8) is 0 Å². The molecule has 2 unspecified atom stereocenters. The Morgan fingerprint density at radius 2 is 1.72 bits per heavy atom. The summed E-state index contributed by atoms with van der Waals surface area (Å²) in [5, 5.41) is 17.7. The lowest BCUT2D eigenvalue weighted by Gasteiger charge is -2.20. The molecule has 12 nitrogen and oxygen atoms in total. The predicted octanol–water partition coefficient (Wildman–Crippen LogP) is 3.16. The molecule has 0 aliphatic rings. The molecule has 4 aromatic rings. The average molecular weight is 535 g/mol. The summed E-state index contributed by atoms with van der Waals surface area (Å²) in [5.74, 6) is 1.59. The van der Waals surface area contributed by atoms with Crippen molar-refractivity contribution in [3.8, 4) is 28.8 Å². The molecule has 4 rings (SSSR count).